The van der Waals surface area contributed by atoms with Gasteiger partial charge in [-0.2, -0.15) is 0 Å². The van der Waals surface area contributed by atoms with Crippen LogP contribution in [0.2, 0.25) is 0 Å². The zero-order valence-corrected chi connectivity index (χ0v) is 10.0. The van der Waals surface area contributed by atoms with Crippen LogP contribution in [0.3, 0.4) is 0 Å². The van der Waals surface area contributed by atoms with Crippen LogP contribution in [0.25, 0.3) is 0 Å². The largest absolute Gasteiger partial charge is 0.390 e. The molecule has 1 amide bonds. The van der Waals surface area contributed by atoms with Crippen LogP contribution in [0.15, 0.2) is 24.3 Å². The number of rotatable bonds is 4. The molecule has 92 valence electrons. The summed E-state index contributed by atoms with van der Waals surface area (Å²) in [6.45, 7) is 3.64. The number of nitrogens with zero attached hydrogens (tertiary/aromatic N) is 1. The number of β-amino-alcohol motifs (C(OH)–C–C–N with tert-alkyl or cyclic N) is 1. The Hall–Kier alpha value is -1.39. The van der Waals surface area contributed by atoms with E-state index in [4.69, 9.17) is 5.11 Å². The third-order valence-electron chi connectivity index (χ3n) is 2.92. The molecule has 4 heteroatoms. The Morgan fingerprint density at radius 2 is 2.29 bits per heavy atom. The van der Waals surface area contributed by atoms with E-state index >= 15 is 0 Å². The van der Waals surface area contributed by atoms with Crippen molar-refractivity contribution >= 4 is 11.6 Å². The molecule has 0 aromatic heterocycles. The number of hydrogen-bond acceptors (Lipinski definition) is 3. The van der Waals surface area contributed by atoms with Gasteiger partial charge in [-0.05, 0) is 24.1 Å². The summed E-state index contributed by atoms with van der Waals surface area (Å²) in [6, 6.07) is 7.87. The summed E-state index contributed by atoms with van der Waals surface area (Å²) in [5.41, 5.74) is 2.05. The Morgan fingerprint density at radius 1 is 1.53 bits per heavy atom. The molecule has 17 heavy (non-hydrogen) atoms. The van der Waals surface area contributed by atoms with E-state index in [2.05, 4.69) is 12.2 Å². The highest BCUT2D eigenvalue weighted by Gasteiger charge is 2.25. The molecule has 1 aromatic rings. The first-order valence-corrected chi connectivity index (χ1v) is 5.96. The number of nitrogens with one attached hydrogen (secondary N) is 1. The number of aryl methyl sites for hydroxylation is 1. The van der Waals surface area contributed by atoms with E-state index < -0.39 is 0 Å². The first-order valence-electron chi connectivity index (χ1n) is 5.96. The van der Waals surface area contributed by atoms with Crippen molar-refractivity contribution in [2.75, 3.05) is 25.0 Å². The topological polar surface area (TPSA) is 52.6 Å². The maximum Gasteiger partial charge on any atom is 0.238 e. The summed E-state index contributed by atoms with van der Waals surface area (Å²) < 4.78 is 0. The van der Waals surface area contributed by atoms with Crippen molar-refractivity contribution in [2.45, 2.75) is 19.4 Å². The number of carbonyl (C=O) groups is 1. The van der Waals surface area contributed by atoms with Crippen molar-refractivity contribution in [3.8, 4) is 0 Å². The maximum absolute atomic E-state index is 11.7. The highest BCUT2D eigenvalue weighted by atomic mass is 16.3. The van der Waals surface area contributed by atoms with Gasteiger partial charge in [0.1, 0.15) is 0 Å². The summed E-state index contributed by atoms with van der Waals surface area (Å²) in [4.78, 5) is 13.6. The van der Waals surface area contributed by atoms with Crippen molar-refractivity contribution in [3.63, 3.8) is 0 Å². The fourth-order valence-corrected chi connectivity index (χ4v) is 1.94. The van der Waals surface area contributed by atoms with Gasteiger partial charge in [0.05, 0.1) is 12.6 Å². The molecule has 0 saturated carbocycles. The van der Waals surface area contributed by atoms with E-state index in [1.54, 1.807) is 0 Å². The molecule has 0 atom stereocenters. The number of hydrogen-bond donors (Lipinski definition) is 2. The minimum absolute atomic E-state index is 0.0230. The van der Waals surface area contributed by atoms with Gasteiger partial charge in [-0.25, -0.2) is 0 Å². The molecule has 1 fully saturated rings. The fraction of sp³-hybridized carbons (Fsp3) is 0.462. The van der Waals surface area contributed by atoms with Gasteiger partial charge < -0.3 is 10.4 Å². The van der Waals surface area contributed by atoms with Crippen LogP contribution in [0, 0.1) is 0 Å². The Morgan fingerprint density at radius 3 is 2.94 bits per heavy atom. The van der Waals surface area contributed by atoms with Crippen molar-refractivity contribution in [3.05, 3.63) is 29.8 Å². The molecule has 2 N–H and O–H groups in total. The molecule has 0 spiro atoms. The van der Waals surface area contributed by atoms with Crippen LogP contribution in [0.5, 0.6) is 0 Å². The molecule has 1 aliphatic heterocycles. The molecule has 4 nitrogen and oxygen atoms in total. The zero-order valence-electron chi connectivity index (χ0n) is 10.0. The summed E-state index contributed by atoms with van der Waals surface area (Å²) in [5, 5.41) is 12.0. The van der Waals surface area contributed by atoms with Crippen LogP contribution in [0.4, 0.5) is 5.69 Å². The van der Waals surface area contributed by atoms with Gasteiger partial charge >= 0.3 is 0 Å². The molecule has 2 rings (SSSR count). The third kappa shape index (κ3) is 3.28. The number of carbonyl (C=O) groups excluding carboxylic acids is 1. The van der Waals surface area contributed by atoms with Crippen LogP contribution in [-0.4, -0.2) is 41.7 Å². The second kappa shape index (κ2) is 5.29. The van der Waals surface area contributed by atoms with Gasteiger partial charge in [-0.1, -0.05) is 19.1 Å². The van der Waals surface area contributed by atoms with Gasteiger partial charge in [-0.3, -0.25) is 9.69 Å². The molecule has 0 unspecified atom stereocenters. The van der Waals surface area contributed by atoms with Crippen LogP contribution in [-0.2, 0) is 11.2 Å². The lowest BCUT2D eigenvalue weighted by molar-refractivity contribution is -0.119. The molecular weight excluding hydrogens is 216 g/mol. The Kier molecular flexibility index (Phi) is 3.76. The SMILES string of the molecule is CCc1cccc(NC(=O)CN2CC(O)C2)c1. The van der Waals surface area contributed by atoms with Crippen LogP contribution >= 0.6 is 0 Å². The second-order valence-electron chi connectivity index (χ2n) is 4.45. The Balaban J connectivity index is 1.85. The normalized spacial score (nSPS) is 16.6. The number of anilines is 1. The quantitative estimate of drug-likeness (QED) is 0.812. The average Bonchev–Trinajstić information content (AvgIpc) is 2.27. The standard InChI is InChI=1S/C13H18N2O2/c1-2-10-4-3-5-11(6-10)14-13(17)9-15-7-12(16)8-15/h3-6,12,16H,2,7-9H2,1H3,(H,14,17). The lowest BCUT2D eigenvalue weighted by Crippen LogP contribution is -2.53. The van der Waals surface area contributed by atoms with E-state index in [0.717, 1.165) is 12.1 Å². The molecule has 0 bridgehead atoms. The van der Waals surface area contributed by atoms with E-state index in [9.17, 15) is 4.79 Å². The minimum atomic E-state index is -0.258. The highest BCUT2D eigenvalue weighted by molar-refractivity contribution is 5.92. The molecule has 0 aliphatic carbocycles. The van der Waals surface area contributed by atoms with Gasteiger partial charge in [0.15, 0.2) is 0 Å². The van der Waals surface area contributed by atoms with E-state index in [1.165, 1.54) is 5.56 Å². The number of aliphatic hydroxyl groups is 1. The van der Waals surface area contributed by atoms with Gasteiger partial charge in [0.2, 0.25) is 5.91 Å². The predicted octanol–water partition coefficient (Wildman–Crippen LogP) is 0.864. The van der Waals surface area contributed by atoms with Gasteiger partial charge in [0, 0.05) is 18.8 Å². The number of aliphatic hydroxyl groups excluding tert-OH is 1. The first-order chi connectivity index (χ1) is 8.17. The lowest BCUT2D eigenvalue weighted by Gasteiger charge is -2.35. The molecule has 1 aliphatic rings. The Bertz CT molecular complexity index is 400. The van der Waals surface area contributed by atoms with Gasteiger partial charge in [0.25, 0.3) is 0 Å². The van der Waals surface area contributed by atoms with Crippen LogP contribution < -0.4 is 5.32 Å². The monoisotopic (exact) mass is 234 g/mol. The molecule has 1 saturated heterocycles. The van der Waals surface area contributed by atoms with Crippen molar-refractivity contribution < 1.29 is 9.90 Å². The Labute approximate surface area is 101 Å². The summed E-state index contributed by atoms with van der Waals surface area (Å²) in [5.74, 6) is -0.0230. The number of likely N-dealkylation sites (tertiary alicyclic amines) is 1. The lowest BCUT2D eigenvalue weighted by atomic mass is 10.1. The first kappa shape index (κ1) is 12.1. The fourth-order valence-electron chi connectivity index (χ4n) is 1.94. The van der Waals surface area contributed by atoms with Crippen molar-refractivity contribution in [1.82, 2.24) is 4.90 Å². The second-order valence-corrected chi connectivity index (χ2v) is 4.45. The zero-order chi connectivity index (χ0) is 12.3. The smallest absolute Gasteiger partial charge is 0.238 e. The van der Waals surface area contributed by atoms with E-state index in [1.807, 2.05) is 29.2 Å². The van der Waals surface area contributed by atoms with Crippen LogP contribution in [0.1, 0.15) is 12.5 Å². The van der Waals surface area contributed by atoms with E-state index in [0.29, 0.717) is 19.6 Å². The third-order valence-corrected chi connectivity index (χ3v) is 2.92. The van der Waals surface area contributed by atoms with Crippen molar-refractivity contribution in [2.24, 2.45) is 0 Å². The highest BCUT2D eigenvalue weighted by Crippen LogP contribution is 2.12. The summed E-state index contributed by atoms with van der Waals surface area (Å²) in [6.07, 6.45) is 0.702. The summed E-state index contributed by atoms with van der Waals surface area (Å²) in [7, 11) is 0. The average molecular weight is 234 g/mol. The predicted molar refractivity (Wildman–Crippen MR) is 66.9 cm³/mol. The molecule has 1 aromatic carbocycles. The maximum atomic E-state index is 11.7. The number of amides is 1. The van der Waals surface area contributed by atoms with Crippen molar-refractivity contribution in [1.29, 1.82) is 0 Å². The molecule has 1 heterocycles. The van der Waals surface area contributed by atoms with Gasteiger partial charge in [-0.15, -0.1) is 0 Å². The number of benzene rings is 1. The van der Waals surface area contributed by atoms with E-state index in [-0.39, 0.29) is 12.0 Å². The minimum Gasteiger partial charge on any atom is -0.390 e. The molecule has 0 radical (unpaired) electrons. The summed E-state index contributed by atoms with van der Waals surface area (Å²) >= 11 is 0. The molecular formula is C13H18N2O2.